The van der Waals surface area contributed by atoms with E-state index in [4.69, 9.17) is 0 Å². The molecule has 94 valence electrons. The zero-order valence-corrected chi connectivity index (χ0v) is 11.8. The van der Waals surface area contributed by atoms with Gasteiger partial charge in [-0.05, 0) is 31.4 Å². The number of nitrogens with zero attached hydrogens (tertiary/aromatic N) is 1. The lowest BCUT2D eigenvalue weighted by Crippen LogP contribution is -2.38. The van der Waals surface area contributed by atoms with Gasteiger partial charge in [0, 0.05) is 30.9 Å². The Bertz CT molecular complexity index is 367. The molecule has 0 amide bonds. The number of rotatable bonds is 4. The molecule has 1 aliphatic rings. The predicted octanol–water partition coefficient (Wildman–Crippen LogP) is 2.13. The lowest BCUT2D eigenvalue weighted by atomic mass is 10.1. The number of hydrogen-bond acceptors (Lipinski definition) is 3. The van der Waals surface area contributed by atoms with Crippen molar-refractivity contribution in [3.8, 4) is 0 Å². The van der Waals surface area contributed by atoms with Gasteiger partial charge in [0.2, 0.25) is 0 Å². The highest BCUT2D eigenvalue weighted by atomic mass is 32.2. The zero-order chi connectivity index (χ0) is 12.3. The molecule has 2 rings (SSSR count). The molecule has 1 aliphatic heterocycles. The molecule has 17 heavy (non-hydrogen) atoms. The van der Waals surface area contributed by atoms with E-state index in [2.05, 4.69) is 54.7 Å². The molecular formula is C14H22N2S. The number of benzene rings is 1. The van der Waals surface area contributed by atoms with Crippen LogP contribution in [0.1, 0.15) is 11.1 Å². The van der Waals surface area contributed by atoms with Crippen molar-refractivity contribution in [1.29, 1.82) is 0 Å². The fourth-order valence-corrected chi connectivity index (χ4v) is 3.40. The molecule has 1 aromatic carbocycles. The number of thioether (sulfide) groups is 1. The van der Waals surface area contributed by atoms with E-state index < -0.39 is 0 Å². The van der Waals surface area contributed by atoms with Crippen LogP contribution in [-0.4, -0.2) is 42.6 Å². The molecule has 0 radical (unpaired) electrons. The molecule has 1 aromatic rings. The van der Waals surface area contributed by atoms with E-state index in [9.17, 15) is 0 Å². The van der Waals surface area contributed by atoms with E-state index in [0.29, 0.717) is 6.04 Å². The van der Waals surface area contributed by atoms with Gasteiger partial charge in [0.1, 0.15) is 0 Å². The smallest absolute Gasteiger partial charge is 0.0352 e. The third kappa shape index (κ3) is 3.03. The lowest BCUT2D eigenvalue weighted by Gasteiger charge is -2.28. The van der Waals surface area contributed by atoms with Crippen LogP contribution in [0, 0.1) is 6.92 Å². The highest BCUT2D eigenvalue weighted by Crippen LogP contribution is 2.21. The Balaban J connectivity index is 2.01. The van der Waals surface area contributed by atoms with E-state index >= 15 is 0 Å². The average molecular weight is 250 g/mol. The lowest BCUT2D eigenvalue weighted by molar-refractivity contribution is 0.252. The molecule has 0 aliphatic carbocycles. The summed E-state index contributed by atoms with van der Waals surface area (Å²) in [6, 6.07) is 9.34. The summed E-state index contributed by atoms with van der Waals surface area (Å²) in [5.41, 5.74) is 2.84. The second-order valence-electron chi connectivity index (χ2n) is 4.84. The van der Waals surface area contributed by atoms with Crippen LogP contribution in [0.5, 0.6) is 0 Å². The van der Waals surface area contributed by atoms with Crippen LogP contribution in [0.15, 0.2) is 24.3 Å². The van der Waals surface area contributed by atoms with E-state index in [0.717, 1.165) is 24.9 Å². The van der Waals surface area contributed by atoms with Gasteiger partial charge in [-0.3, -0.25) is 4.90 Å². The van der Waals surface area contributed by atoms with Gasteiger partial charge in [-0.25, -0.2) is 0 Å². The first-order valence-electron chi connectivity index (χ1n) is 6.20. The summed E-state index contributed by atoms with van der Waals surface area (Å²) in [6.45, 7) is 5.51. The van der Waals surface area contributed by atoms with E-state index in [1.165, 1.54) is 11.1 Å². The molecule has 1 heterocycles. The summed E-state index contributed by atoms with van der Waals surface area (Å²) < 4.78 is 0. The van der Waals surface area contributed by atoms with Crippen molar-refractivity contribution in [1.82, 2.24) is 10.2 Å². The summed E-state index contributed by atoms with van der Waals surface area (Å²) in [5.74, 6) is 0. The number of aryl methyl sites for hydroxylation is 1. The minimum Gasteiger partial charge on any atom is -0.314 e. The molecule has 0 saturated carbocycles. The Hall–Kier alpha value is -0.510. The highest BCUT2D eigenvalue weighted by Gasteiger charge is 2.29. The van der Waals surface area contributed by atoms with Crippen molar-refractivity contribution < 1.29 is 0 Å². The summed E-state index contributed by atoms with van der Waals surface area (Å²) in [5, 5.41) is 4.22. The maximum Gasteiger partial charge on any atom is 0.0352 e. The van der Waals surface area contributed by atoms with E-state index in [1.807, 2.05) is 11.8 Å². The third-order valence-corrected chi connectivity index (χ3v) is 4.76. The summed E-state index contributed by atoms with van der Waals surface area (Å²) in [4.78, 5) is 2.49. The van der Waals surface area contributed by atoms with Crippen LogP contribution in [-0.2, 0) is 6.54 Å². The van der Waals surface area contributed by atoms with Crippen molar-refractivity contribution in [3.05, 3.63) is 35.4 Å². The standard InChI is InChI=1S/C14H22N2S/c1-11-6-4-5-7-12(11)10-16(2)13-8-15-9-14(13)17-3/h4-7,13-15H,8-10H2,1-3H3. The largest absolute Gasteiger partial charge is 0.314 e. The van der Waals surface area contributed by atoms with Gasteiger partial charge in [-0.2, -0.15) is 11.8 Å². The number of hydrogen-bond donors (Lipinski definition) is 1. The van der Waals surface area contributed by atoms with E-state index in [1.54, 1.807) is 0 Å². The molecule has 3 heteroatoms. The number of likely N-dealkylation sites (N-methyl/N-ethyl adjacent to an activating group) is 1. The van der Waals surface area contributed by atoms with Crippen LogP contribution in [0.3, 0.4) is 0 Å². The normalized spacial score (nSPS) is 24.5. The Morgan fingerprint density at radius 3 is 2.82 bits per heavy atom. The predicted molar refractivity (Wildman–Crippen MR) is 76.6 cm³/mol. The van der Waals surface area contributed by atoms with Crippen molar-refractivity contribution in [2.75, 3.05) is 26.4 Å². The average Bonchev–Trinajstić information content (AvgIpc) is 2.80. The summed E-state index contributed by atoms with van der Waals surface area (Å²) in [7, 11) is 2.24. The molecule has 1 saturated heterocycles. The van der Waals surface area contributed by atoms with Crippen molar-refractivity contribution in [2.24, 2.45) is 0 Å². The quantitative estimate of drug-likeness (QED) is 0.881. The van der Waals surface area contributed by atoms with Gasteiger partial charge >= 0.3 is 0 Å². The first-order valence-corrected chi connectivity index (χ1v) is 7.49. The second-order valence-corrected chi connectivity index (χ2v) is 5.92. The minimum atomic E-state index is 0.657. The second kappa shape index (κ2) is 5.89. The summed E-state index contributed by atoms with van der Waals surface area (Å²) in [6.07, 6.45) is 2.21. The van der Waals surface area contributed by atoms with Gasteiger partial charge in [-0.1, -0.05) is 24.3 Å². The first kappa shape index (κ1) is 12.9. The minimum absolute atomic E-state index is 0.657. The monoisotopic (exact) mass is 250 g/mol. The Kier molecular flexibility index (Phi) is 4.48. The van der Waals surface area contributed by atoms with Crippen LogP contribution in [0.2, 0.25) is 0 Å². The summed E-state index contributed by atoms with van der Waals surface area (Å²) >= 11 is 1.98. The Morgan fingerprint density at radius 2 is 2.12 bits per heavy atom. The molecule has 1 fully saturated rings. The molecule has 2 unspecified atom stereocenters. The van der Waals surface area contributed by atoms with Crippen LogP contribution < -0.4 is 5.32 Å². The Labute approximate surface area is 109 Å². The fourth-order valence-electron chi connectivity index (χ4n) is 2.49. The number of nitrogens with one attached hydrogen (secondary N) is 1. The van der Waals surface area contributed by atoms with Crippen molar-refractivity contribution in [3.63, 3.8) is 0 Å². The third-order valence-electron chi connectivity index (χ3n) is 3.68. The van der Waals surface area contributed by atoms with Crippen LogP contribution in [0.25, 0.3) is 0 Å². The Morgan fingerprint density at radius 1 is 1.35 bits per heavy atom. The molecule has 0 aromatic heterocycles. The topological polar surface area (TPSA) is 15.3 Å². The fraction of sp³-hybridized carbons (Fsp3) is 0.571. The molecule has 1 N–H and O–H groups in total. The van der Waals surface area contributed by atoms with Crippen molar-refractivity contribution in [2.45, 2.75) is 24.8 Å². The zero-order valence-electron chi connectivity index (χ0n) is 10.9. The molecule has 2 atom stereocenters. The van der Waals surface area contributed by atoms with Gasteiger partial charge in [0.05, 0.1) is 0 Å². The molecule has 0 bridgehead atoms. The maximum atomic E-state index is 3.49. The van der Waals surface area contributed by atoms with Gasteiger partial charge in [-0.15, -0.1) is 0 Å². The molecular weight excluding hydrogens is 228 g/mol. The van der Waals surface area contributed by atoms with Gasteiger partial charge in [0.25, 0.3) is 0 Å². The van der Waals surface area contributed by atoms with E-state index in [-0.39, 0.29) is 0 Å². The maximum absolute atomic E-state index is 3.49. The van der Waals surface area contributed by atoms with Crippen molar-refractivity contribution >= 4 is 11.8 Å². The SMILES string of the molecule is CSC1CNCC1N(C)Cc1ccccc1C. The van der Waals surface area contributed by atoms with Crippen LogP contribution >= 0.6 is 11.8 Å². The van der Waals surface area contributed by atoms with Crippen LogP contribution in [0.4, 0.5) is 0 Å². The van der Waals surface area contributed by atoms with Gasteiger partial charge < -0.3 is 5.32 Å². The highest BCUT2D eigenvalue weighted by molar-refractivity contribution is 7.99. The van der Waals surface area contributed by atoms with Gasteiger partial charge in [0.15, 0.2) is 0 Å². The molecule has 2 nitrogen and oxygen atoms in total. The first-order chi connectivity index (χ1) is 8.22. The molecule has 0 spiro atoms.